The molecule has 5 heteroatoms. The maximum Gasteiger partial charge on any atom is 0.136 e. The fourth-order valence-electron chi connectivity index (χ4n) is 2.32. The van der Waals surface area contributed by atoms with Crippen molar-refractivity contribution >= 4 is 28.2 Å². The van der Waals surface area contributed by atoms with Crippen molar-refractivity contribution in [2.75, 3.05) is 17.2 Å². The first kappa shape index (κ1) is 14.3. The van der Waals surface area contributed by atoms with Crippen LogP contribution in [0.2, 0.25) is 0 Å². The number of anilines is 3. The molecule has 3 rings (SSSR count). The van der Waals surface area contributed by atoms with Crippen LogP contribution in [0.3, 0.4) is 0 Å². The summed E-state index contributed by atoms with van der Waals surface area (Å²) < 4.78 is 0. The highest BCUT2D eigenvalue weighted by atomic mass is 15.1. The number of nitrogens with zero attached hydrogens (tertiary/aromatic N) is 3. The smallest absolute Gasteiger partial charge is 0.136 e. The third-order valence-electron chi connectivity index (χ3n) is 3.29. The van der Waals surface area contributed by atoms with Gasteiger partial charge in [0.05, 0.1) is 11.2 Å². The molecular weight excluding hydrogens is 274 g/mol. The standard InChI is InChI=1S/C17H19N5/c1-3-9-18-15-11-16(21-12(2)20-15)22-14-8-4-6-13-7-5-10-19-17(13)14/h4-8,10-11H,3,9H2,1-2H3,(H2,18,20,21,22). The molecule has 0 amide bonds. The van der Waals surface area contributed by atoms with Crippen molar-refractivity contribution in [1.82, 2.24) is 15.0 Å². The van der Waals surface area contributed by atoms with Crippen molar-refractivity contribution in [3.63, 3.8) is 0 Å². The number of aromatic nitrogens is 3. The molecule has 22 heavy (non-hydrogen) atoms. The van der Waals surface area contributed by atoms with Crippen molar-refractivity contribution in [1.29, 1.82) is 0 Å². The number of benzene rings is 1. The summed E-state index contributed by atoms with van der Waals surface area (Å²) in [6.07, 6.45) is 2.85. The number of rotatable bonds is 5. The van der Waals surface area contributed by atoms with E-state index in [9.17, 15) is 0 Å². The fourth-order valence-corrected chi connectivity index (χ4v) is 2.32. The Balaban J connectivity index is 1.93. The molecule has 0 unspecified atom stereocenters. The molecule has 0 saturated heterocycles. The molecular formula is C17H19N5. The SMILES string of the molecule is CCCNc1cc(Nc2cccc3cccnc23)nc(C)n1. The number of hydrogen-bond acceptors (Lipinski definition) is 5. The second-order valence-corrected chi connectivity index (χ2v) is 5.12. The lowest BCUT2D eigenvalue weighted by Crippen LogP contribution is -2.05. The van der Waals surface area contributed by atoms with Gasteiger partial charge in [-0.3, -0.25) is 4.98 Å². The Labute approximate surface area is 129 Å². The highest BCUT2D eigenvalue weighted by Crippen LogP contribution is 2.24. The Bertz CT molecular complexity index is 780. The van der Waals surface area contributed by atoms with Crippen molar-refractivity contribution in [2.45, 2.75) is 20.3 Å². The predicted molar refractivity (Wildman–Crippen MR) is 90.6 cm³/mol. The van der Waals surface area contributed by atoms with Crippen LogP contribution in [0.25, 0.3) is 10.9 Å². The van der Waals surface area contributed by atoms with Crippen LogP contribution >= 0.6 is 0 Å². The first-order valence-electron chi connectivity index (χ1n) is 7.46. The van der Waals surface area contributed by atoms with Crippen LogP contribution in [0.1, 0.15) is 19.2 Å². The molecule has 2 heterocycles. The van der Waals surface area contributed by atoms with E-state index in [2.05, 4.69) is 32.5 Å². The largest absolute Gasteiger partial charge is 0.370 e. The summed E-state index contributed by atoms with van der Waals surface area (Å²) in [5.41, 5.74) is 1.88. The minimum absolute atomic E-state index is 0.733. The van der Waals surface area contributed by atoms with Crippen LogP contribution in [-0.4, -0.2) is 21.5 Å². The van der Waals surface area contributed by atoms with Crippen molar-refractivity contribution < 1.29 is 0 Å². The summed E-state index contributed by atoms with van der Waals surface area (Å²) in [4.78, 5) is 13.3. The van der Waals surface area contributed by atoms with E-state index < -0.39 is 0 Å². The average Bonchev–Trinajstić information content (AvgIpc) is 2.53. The molecule has 0 aliphatic carbocycles. The van der Waals surface area contributed by atoms with E-state index in [0.29, 0.717) is 0 Å². The van der Waals surface area contributed by atoms with Crippen LogP contribution in [0.4, 0.5) is 17.3 Å². The maximum atomic E-state index is 4.45. The van der Waals surface area contributed by atoms with Gasteiger partial charge in [-0.1, -0.05) is 25.1 Å². The van der Waals surface area contributed by atoms with Gasteiger partial charge in [-0.2, -0.15) is 0 Å². The Kier molecular flexibility index (Phi) is 4.14. The second-order valence-electron chi connectivity index (χ2n) is 5.12. The summed E-state index contributed by atoms with van der Waals surface area (Å²) >= 11 is 0. The van der Waals surface area contributed by atoms with Gasteiger partial charge in [-0.05, 0) is 25.5 Å². The first-order chi connectivity index (χ1) is 10.8. The van der Waals surface area contributed by atoms with Crippen molar-refractivity contribution in [3.05, 3.63) is 48.4 Å². The van der Waals surface area contributed by atoms with Crippen LogP contribution in [0, 0.1) is 6.92 Å². The normalized spacial score (nSPS) is 10.6. The van der Waals surface area contributed by atoms with Gasteiger partial charge in [0.15, 0.2) is 0 Å². The van der Waals surface area contributed by atoms with E-state index in [4.69, 9.17) is 0 Å². The van der Waals surface area contributed by atoms with Crippen molar-refractivity contribution in [2.24, 2.45) is 0 Å². The minimum atomic E-state index is 0.733. The summed E-state index contributed by atoms with van der Waals surface area (Å²) in [6, 6.07) is 12.0. The average molecular weight is 293 g/mol. The van der Waals surface area contributed by atoms with Gasteiger partial charge in [0.25, 0.3) is 0 Å². The topological polar surface area (TPSA) is 62.7 Å². The summed E-state index contributed by atoms with van der Waals surface area (Å²) in [5.74, 6) is 2.34. The molecule has 0 aliphatic heterocycles. The molecule has 2 aromatic heterocycles. The zero-order chi connectivity index (χ0) is 15.4. The molecule has 0 radical (unpaired) electrons. The molecule has 0 atom stereocenters. The molecule has 3 aromatic rings. The van der Waals surface area contributed by atoms with Gasteiger partial charge in [-0.25, -0.2) is 9.97 Å². The second kappa shape index (κ2) is 6.39. The number of para-hydroxylation sites is 1. The van der Waals surface area contributed by atoms with E-state index in [1.165, 1.54) is 0 Å². The lowest BCUT2D eigenvalue weighted by Gasteiger charge is -2.11. The minimum Gasteiger partial charge on any atom is -0.370 e. The molecule has 0 bridgehead atoms. The van der Waals surface area contributed by atoms with Gasteiger partial charge in [0.2, 0.25) is 0 Å². The highest BCUT2D eigenvalue weighted by Gasteiger charge is 2.05. The predicted octanol–water partition coefficient (Wildman–Crippen LogP) is 3.90. The molecule has 0 spiro atoms. The van der Waals surface area contributed by atoms with Crippen molar-refractivity contribution in [3.8, 4) is 0 Å². The van der Waals surface area contributed by atoms with E-state index in [1.807, 2.05) is 43.3 Å². The lowest BCUT2D eigenvalue weighted by atomic mass is 10.2. The number of aryl methyl sites for hydroxylation is 1. The van der Waals surface area contributed by atoms with Crippen LogP contribution in [0.15, 0.2) is 42.6 Å². The van der Waals surface area contributed by atoms with E-state index in [0.717, 1.165) is 47.0 Å². The molecule has 0 fully saturated rings. The van der Waals surface area contributed by atoms with Crippen LogP contribution < -0.4 is 10.6 Å². The number of fused-ring (bicyclic) bond motifs is 1. The molecule has 1 aromatic carbocycles. The van der Waals surface area contributed by atoms with E-state index in [-0.39, 0.29) is 0 Å². The van der Waals surface area contributed by atoms with Crippen LogP contribution in [0.5, 0.6) is 0 Å². The molecule has 0 aliphatic rings. The third-order valence-corrected chi connectivity index (χ3v) is 3.29. The molecule has 112 valence electrons. The zero-order valence-corrected chi connectivity index (χ0v) is 12.8. The van der Waals surface area contributed by atoms with E-state index >= 15 is 0 Å². The summed E-state index contributed by atoms with van der Waals surface area (Å²) in [7, 11) is 0. The van der Waals surface area contributed by atoms with E-state index in [1.54, 1.807) is 6.20 Å². The summed E-state index contributed by atoms with van der Waals surface area (Å²) in [6.45, 7) is 4.91. The number of nitrogens with one attached hydrogen (secondary N) is 2. The Morgan fingerprint density at radius 1 is 1.05 bits per heavy atom. The fraction of sp³-hybridized carbons (Fsp3) is 0.235. The van der Waals surface area contributed by atoms with Gasteiger partial charge < -0.3 is 10.6 Å². The van der Waals surface area contributed by atoms with Crippen LogP contribution in [-0.2, 0) is 0 Å². The first-order valence-corrected chi connectivity index (χ1v) is 7.46. The third kappa shape index (κ3) is 3.14. The Morgan fingerprint density at radius 3 is 2.73 bits per heavy atom. The highest BCUT2D eigenvalue weighted by molar-refractivity contribution is 5.91. The Morgan fingerprint density at radius 2 is 1.86 bits per heavy atom. The van der Waals surface area contributed by atoms with Gasteiger partial charge in [0, 0.05) is 24.2 Å². The molecule has 5 nitrogen and oxygen atoms in total. The zero-order valence-electron chi connectivity index (χ0n) is 12.8. The maximum absolute atomic E-state index is 4.45. The molecule has 0 saturated carbocycles. The Hall–Kier alpha value is -2.69. The van der Waals surface area contributed by atoms with Gasteiger partial charge in [0.1, 0.15) is 17.5 Å². The number of pyridine rings is 1. The monoisotopic (exact) mass is 293 g/mol. The summed E-state index contributed by atoms with van der Waals surface area (Å²) in [5, 5.41) is 7.74. The molecule has 2 N–H and O–H groups in total. The quantitative estimate of drug-likeness (QED) is 0.747. The lowest BCUT2D eigenvalue weighted by molar-refractivity contribution is 0.955. The van der Waals surface area contributed by atoms with Gasteiger partial charge in [-0.15, -0.1) is 0 Å². The van der Waals surface area contributed by atoms with Gasteiger partial charge >= 0.3 is 0 Å². The number of hydrogen-bond donors (Lipinski definition) is 2.